The predicted molar refractivity (Wildman–Crippen MR) is 59.0 cm³/mol. The molecule has 1 amide bonds. The van der Waals surface area contributed by atoms with Crippen LogP contribution in [-0.2, 0) is 11.3 Å². The second-order valence-electron chi connectivity index (χ2n) is 3.31. The zero-order valence-corrected chi connectivity index (χ0v) is 8.55. The van der Waals surface area contributed by atoms with Crippen LogP contribution in [0.15, 0.2) is 36.7 Å². The van der Waals surface area contributed by atoms with E-state index in [2.05, 4.69) is 22.2 Å². The summed E-state index contributed by atoms with van der Waals surface area (Å²) in [7, 11) is 0. The zero-order valence-electron chi connectivity index (χ0n) is 8.55. The number of aromatic nitrogens is 3. The Bertz CT molecular complexity index is 545. The molecular formula is C10H11N5O. The Balaban J connectivity index is 2.21. The highest BCUT2D eigenvalue weighted by Crippen LogP contribution is 2.08. The van der Waals surface area contributed by atoms with Gasteiger partial charge in [-0.1, -0.05) is 23.9 Å². The van der Waals surface area contributed by atoms with Crippen LogP contribution in [0.3, 0.4) is 0 Å². The molecule has 2 aromatic rings. The number of nitrogens with two attached hydrogens (primary N) is 1. The molecule has 0 saturated carbocycles. The Labute approximate surface area is 91.7 Å². The van der Waals surface area contributed by atoms with Gasteiger partial charge in [-0.25, -0.2) is 4.68 Å². The predicted octanol–water partition coefficient (Wildman–Crippen LogP) is -0.0226. The first-order valence-electron chi connectivity index (χ1n) is 4.69. The highest BCUT2D eigenvalue weighted by atomic mass is 16.2. The van der Waals surface area contributed by atoms with Crippen molar-refractivity contribution in [3.8, 4) is 0 Å². The van der Waals surface area contributed by atoms with Gasteiger partial charge in [0.15, 0.2) is 0 Å². The summed E-state index contributed by atoms with van der Waals surface area (Å²) in [5, 5.41) is 10.2. The van der Waals surface area contributed by atoms with Gasteiger partial charge in [-0.15, -0.1) is 5.10 Å². The van der Waals surface area contributed by atoms with E-state index in [0.29, 0.717) is 0 Å². The molecule has 0 fully saturated rings. The van der Waals surface area contributed by atoms with Crippen LogP contribution in [0, 0.1) is 0 Å². The summed E-state index contributed by atoms with van der Waals surface area (Å²) in [5.41, 5.74) is 6.82. The van der Waals surface area contributed by atoms with Crippen LogP contribution in [0.5, 0.6) is 0 Å². The Morgan fingerprint density at radius 2 is 2.25 bits per heavy atom. The summed E-state index contributed by atoms with van der Waals surface area (Å²) in [4.78, 5) is 11.4. The molecule has 1 heterocycles. The van der Waals surface area contributed by atoms with E-state index in [0.717, 1.165) is 11.0 Å². The van der Waals surface area contributed by atoms with Crippen LogP contribution in [0.4, 0.5) is 0 Å². The molecular weight excluding hydrogens is 206 g/mol. The lowest BCUT2D eigenvalue weighted by molar-refractivity contribution is -0.121. The standard InChI is InChI=1S/C10H11N5O/c1-7(11)12-10(16)6-15-9-5-3-2-4-8(9)13-14-15/h2-5H,1,6,11H2,(H,12,16). The molecule has 3 N–H and O–H groups in total. The van der Waals surface area contributed by atoms with E-state index in [4.69, 9.17) is 5.73 Å². The second kappa shape index (κ2) is 4.01. The molecule has 0 unspecified atom stereocenters. The fourth-order valence-corrected chi connectivity index (χ4v) is 1.39. The van der Waals surface area contributed by atoms with Gasteiger partial charge in [-0.05, 0) is 12.1 Å². The topological polar surface area (TPSA) is 85.8 Å². The van der Waals surface area contributed by atoms with Crippen molar-refractivity contribution in [1.82, 2.24) is 20.3 Å². The maximum absolute atomic E-state index is 11.4. The number of benzene rings is 1. The van der Waals surface area contributed by atoms with Crippen LogP contribution in [0.1, 0.15) is 0 Å². The number of hydrogen-bond donors (Lipinski definition) is 2. The Morgan fingerprint density at radius 1 is 1.50 bits per heavy atom. The molecule has 0 spiro atoms. The number of fused-ring (bicyclic) bond motifs is 1. The van der Waals surface area contributed by atoms with E-state index < -0.39 is 0 Å². The van der Waals surface area contributed by atoms with Gasteiger partial charge in [0.25, 0.3) is 0 Å². The molecule has 82 valence electrons. The lowest BCUT2D eigenvalue weighted by atomic mass is 10.3. The number of carbonyl (C=O) groups is 1. The molecule has 6 nitrogen and oxygen atoms in total. The maximum Gasteiger partial charge on any atom is 0.247 e. The van der Waals surface area contributed by atoms with Crippen LogP contribution in [0.25, 0.3) is 11.0 Å². The zero-order chi connectivity index (χ0) is 11.5. The number of rotatable bonds is 3. The van der Waals surface area contributed by atoms with Crippen molar-refractivity contribution >= 4 is 16.9 Å². The van der Waals surface area contributed by atoms with E-state index in [1.165, 1.54) is 4.68 Å². The number of nitrogens with one attached hydrogen (secondary N) is 1. The highest BCUT2D eigenvalue weighted by Gasteiger charge is 2.07. The van der Waals surface area contributed by atoms with Crippen molar-refractivity contribution in [1.29, 1.82) is 0 Å². The average molecular weight is 217 g/mol. The summed E-state index contributed by atoms with van der Waals surface area (Å²) in [5.74, 6) is -0.155. The van der Waals surface area contributed by atoms with Crippen molar-refractivity contribution < 1.29 is 4.79 Å². The Morgan fingerprint density at radius 3 is 3.00 bits per heavy atom. The van der Waals surface area contributed by atoms with E-state index in [1.807, 2.05) is 24.3 Å². The van der Waals surface area contributed by atoms with Crippen LogP contribution < -0.4 is 11.1 Å². The summed E-state index contributed by atoms with van der Waals surface area (Å²) >= 11 is 0. The van der Waals surface area contributed by atoms with Gasteiger partial charge < -0.3 is 11.1 Å². The van der Waals surface area contributed by atoms with E-state index in [-0.39, 0.29) is 18.3 Å². The molecule has 1 aromatic heterocycles. The van der Waals surface area contributed by atoms with Gasteiger partial charge in [-0.3, -0.25) is 4.79 Å². The number of hydrogen-bond acceptors (Lipinski definition) is 4. The van der Waals surface area contributed by atoms with Gasteiger partial charge in [0, 0.05) is 0 Å². The first kappa shape index (κ1) is 10.2. The lowest BCUT2D eigenvalue weighted by Crippen LogP contribution is -2.30. The fourth-order valence-electron chi connectivity index (χ4n) is 1.39. The van der Waals surface area contributed by atoms with Crippen molar-refractivity contribution in [2.75, 3.05) is 0 Å². The van der Waals surface area contributed by atoms with Gasteiger partial charge >= 0.3 is 0 Å². The molecule has 16 heavy (non-hydrogen) atoms. The highest BCUT2D eigenvalue weighted by molar-refractivity contribution is 5.80. The van der Waals surface area contributed by atoms with Crippen molar-refractivity contribution in [3.05, 3.63) is 36.7 Å². The first-order chi connectivity index (χ1) is 7.66. The molecule has 0 aliphatic heterocycles. The van der Waals surface area contributed by atoms with Crippen LogP contribution in [0.2, 0.25) is 0 Å². The van der Waals surface area contributed by atoms with E-state index in [9.17, 15) is 4.79 Å². The molecule has 2 rings (SSSR count). The molecule has 1 aromatic carbocycles. The molecule has 0 aliphatic carbocycles. The molecule has 0 atom stereocenters. The van der Waals surface area contributed by atoms with Crippen molar-refractivity contribution in [3.63, 3.8) is 0 Å². The Kier molecular flexibility index (Phi) is 2.55. The summed E-state index contributed by atoms with van der Waals surface area (Å²) in [6, 6.07) is 7.41. The summed E-state index contributed by atoms with van der Waals surface area (Å²) in [6.07, 6.45) is 0. The quantitative estimate of drug-likeness (QED) is 0.756. The normalized spacial score (nSPS) is 10.2. The molecule has 6 heteroatoms. The number of amides is 1. The number of carbonyl (C=O) groups excluding carboxylic acids is 1. The van der Waals surface area contributed by atoms with Gasteiger partial charge in [-0.2, -0.15) is 0 Å². The van der Waals surface area contributed by atoms with E-state index >= 15 is 0 Å². The third-order valence-electron chi connectivity index (χ3n) is 2.01. The molecule has 0 radical (unpaired) electrons. The fraction of sp³-hybridized carbons (Fsp3) is 0.100. The third kappa shape index (κ3) is 2.00. The average Bonchev–Trinajstić information content (AvgIpc) is 2.61. The Hall–Kier alpha value is -2.37. The lowest BCUT2D eigenvalue weighted by Gasteiger charge is -2.03. The van der Waals surface area contributed by atoms with Gasteiger partial charge in [0.2, 0.25) is 5.91 Å². The monoisotopic (exact) mass is 217 g/mol. The number of para-hydroxylation sites is 1. The van der Waals surface area contributed by atoms with Crippen LogP contribution in [-0.4, -0.2) is 20.9 Å². The van der Waals surface area contributed by atoms with E-state index in [1.54, 1.807) is 0 Å². The minimum absolute atomic E-state index is 0.0662. The van der Waals surface area contributed by atoms with Gasteiger partial charge in [0.1, 0.15) is 12.1 Å². The maximum atomic E-state index is 11.4. The van der Waals surface area contributed by atoms with Crippen LogP contribution >= 0.6 is 0 Å². The van der Waals surface area contributed by atoms with Gasteiger partial charge in [0.05, 0.1) is 11.3 Å². The summed E-state index contributed by atoms with van der Waals surface area (Å²) < 4.78 is 1.51. The summed E-state index contributed by atoms with van der Waals surface area (Å²) in [6.45, 7) is 3.45. The smallest absolute Gasteiger partial charge is 0.247 e. The van der Waals surface area contributed by atoms with Crippen molar-refractivity contribution in [2.45, 2.75) is 6.54 Å². The van der Waals surface area contributed by atoms with Crippen molar-refractivity contribution in [2.24, 2.45) is 5.73 Å². The molecule has 0 saturated heterocycles. The number of nitrogens with zero attached hydrogens (tertiary/aromatic N) is 3. The largest absolute Gasteiger partial charge is 0.386 e. The minimum Gasteiger partial charge on any atom is -0.386 e. The molecule has 0 bridgehead atoms. The first-order valence-corrected chi connectivity index (χ1v) is 4.69. The second-order valence-corrected chi connectivity index (χ2v) is 3.31. The molecule has 0 aliphatic rings. The third-order valence-corrected chi connectivity index (χ3v) is 2.01. The minimum atomic E-state index is -0.275. The SMILES string of the molecule is C=C(N)NC(=O)Cn1nnc2ccccc21.